The number of anilines is 2. The van der Waals surface area contributed by atoms with Gasteiger partial charge in [0.2, 0.25) is 0 Å². The van der Waals surface area contributed by atoms with E-state index in [2.05, 4.69) is 46.7 Å². The van der Waals surface area contributed by atoms with E-state index in [0.717, 1.165) is 24.6 Å². The maximum absolute atomic E-state index is 12.3. The molecule has 1 fully saturated rings. The van der Waals surface area contributed by atoms with Crippen LogP contribution < -0.4 is 20.3 Å². The molecule has 0 aromatic heterocycles. The Morgan fingerprint density at radius 3 is 2.52 bits per heavy atom. The van der Waals surface area contributed by atoms with E-state index in [9.17, 15) is 4.79 Å². The largest absolute Gasteiger partial charge is 0.497 e. The molecule has 0 aliphatic carbocycles. The van der Waals surface area contributed by atoms with E-state index in [4.69, 9.17) is 4.74 Å². The summed E-state index contributed by atoms with van der Waals surface area (Å²) in [6.45, 7) is 6.56. The maximum Gasteiger partial charge on any atom is 0.319 e. The molecule has 0 bridgehead atoms. The Labute approximate surface area is 161 Å². The Balaban J connectivity index is 1.55. The Morgan fingerprint density at radius 1 is 1.15 bits per heavy atom. The highest BCUT2D eigenvalue weighted by Crippen LogP contribution is 2.24. The van der Waals surface area contributed by atoms with Crippen LogP contribution >= 0.6 is 0 Å². The van der Waals surface area contributed by atoms with Gasteiger partial charge in [0.05, 0.1) is 13.2 Å². The third kappa shape index (κ3) is 5.16. The predicted octanol–water partition coefficient (Wildman–Crippen LogP) is 4.81. The van der Waals surface area contributed by atoms with E-state index in [-0.39, 0.29) is 12.1 Å². The molecule has 1 saturated heterocycles. The number of nitrogens with one attached hydrogen (secondary N) is 2. The summed E-state index contributed by atoms with van der Waals surface area (Å²) < 4.78 is 5.18. The fourth-order valence-electron chi connectivity index (χ4n) is 3.39. The summed E-state index contributed by atoms with van der Waals surface area (Å²) in [5.41, 5.74) is 3.05. The summed E-state index contributed by atoms with van der Waals surface area (Å²) >= 11 is 0. The van der Waals surface area contributed by atoms with Crippen LogP contribution in [-0.2, 0) is 0 Å². The van der Waals surface area contributed by atoms with Crippen molar-refractivity contribution in [3.8, 4) is 5.75 Å². The quantitative estimate of drug-likeness (QED) is 0.797. The van der Waals surface area contributed by atoms with E-state index >= 15 is 0 Å². The molecule has 1 aliphatic rings. The average Bonchev–Trinajstić information content (AvgIpc) is 2.68. The summed E-state index contributed by atoms with van der Waals surface area (Å²) in [4.78, 5) is 14.7. The van der Waals surface area contributed by atoms with E-state index in [1.807, 2.05) is 25.1 Å². The lowest BCUT2D eigenvalue weighted by Crippen LogP contribution is -2.33. The zero-order valence-corrected chi connectivity index (χ0v) is 16.4. The molecule has 2 amide bonds. The molecule has 144 valence electrons. The molecule has 3 rings (SSSR count). The smallest absolute Gasteiger partial charge is 0.319 e. The van der Waals surface area contributed by atoms with E-state index < -0.39 is 0 Å². The second-order valence-corrected chi connectivity index (χ2v) is 7.31. The molecule has 2 N–H and O–H groups in total. The molecular weight excluding hydrogens is 338 g/mol. The van der Waals surface area contributed by atoms with Crippen molar-refractivity contribution in [3.63, 3.8) is 0 Å². The minimum absolute atomic E-state index is 0.0777. The Hall–Kier alpha value is -2.69. The van der Waals surface area contributed by atoms with Gasteiger partial charge in [0, 0.05) is 30.5 Å². The van der Waals surface area contributed by atoms with Crippen molar-refractivity contribution in [2.75, 3.05) is 30.4 Å². The van der Waals surface area contributed by atoms with Crippen molar-refractivity contribution in [1.29, 1.82) is 0 Å². The molecule has 1 aliphatic heterocycles. The summed E-state index contributed by atoms with van der Waals surface area (Å²) in [7, 11) is 1.61. The normalized spacial score (nSPS) is 15.9. The second kappa shape index (κ2) is 8.80. The number of methoxy groups -OCH3 is 1. The van der Waals surface area contributed by atoms with Gasteiger partial charge in [0.1, 0.15) is 5.75 Å². The van der Waals surface area contributed by atoms with Gasteiger partial charge in [-0.25, -0.2) is 4.79 Å². The molecule has 2 aromatic rings. The van der Waals surface area contributed by atoms with Crippen molar-refractivity contribution in [3.05, 3.63) is 54.1 Å². The molecule has 2 aromatic carbocycles. The molecule has 1 heterocycles. The van der Waals surface area contributed by atoms with Crippen molar-refractivity contribution < 1.29 is 9.53 Å². The molecule has 0 saturated carbocycles. The van der Waals surface area contributed by atoms with Crippen LogP contribution in [0.4, 0.5) is 16.2 Å². The molecule has 5 heteroatoms. The number of rotatable bonds is 5. The third-order valence-electron chi connectivity index (χ3n) is 5.22. The first kappa shape index (κ1) is 19.1. The van der Waals surface area contributed by atoms with Crippen LogP contribution in [0.5, 0.6) is 5.75 Å². The average molecular weight is 367 g/mol. The van der Waals surface area contributed by atoms with Crippen LogP contribution in [0.3, 0.4) is 0 Å². The van der Waals surface area contributed by atoms with Gasteiger partial charge in [-0.15, -0.1) is 0 Å². The number of benzene rings is 2. The SMILES string of the molecule is COc1cccc(NC(=O)N[C@H](C)c2ccc(N3CCC(C)CC3)cc2)c1. The minimum atomic E-state index is -0.232. The molecule has 27 heavy (non-hydrogen) atoms. The zero-order valence-electron chi connectivity index (χ0n) is 16.4. The summed E-state index contributed by atoms with van der Waals surface area (Å²) in [6.07, 6.45) is 2.51. The predicted molar refractivity (Wildman–Crippen MR) is 111 cm³/mol. The lowest BCUT2D eigenvalue weighted by Gasteiger charge is -2.32. The molecule has 1 atom stereocenters. The Bertz CT molecular complexity index is 752. The first-order valence-corrected chi connectivity index (χ1v) is 9.61. The van der Waals surface area contributed by atoms with E-state index in [1.54, 1.807) is 13.2 Å². The van der Waals surface area contributed by atoms with Gasteiger partial charge in [-0.3, -0.25) is 0 Å². The number of ether oxygens (including phenoxy) is 1. The highest BCUT2D eigenvalue weighted by atomic mass is 16.5. The van der Waals surface area contributed by atoms with Crippen molar-refractivity contribution in [1.82, 2.24) is 5.32 Å². The van der Waals surface area contributed by atoms with Crippen LogP contribution in [0.2, 0.25) is 0 Å². The van der Waals surface area contributed by atoms with Crippen LogP contribution in [0.15, 0.2) is 48.5 Å². The zero-order chi connectivity index (χ0) is 19.2. The number of carbonyl (C=O) groups excluding carboxylic acids is 1. The molecule has 0 spiro atoms. The number of piperidine rings is 1. The Kier molecular flexibility index (Phi) is 6.22. The summed E-state index contributed by atoms with van der Waals surface area (Å²) in [6, 6.07) is 15.5. The maximum atomic E-state index is 12.3. The fraction of sp³-hybridized carbons (Fsp3) is 0.409. The van der Waals surface area contributed by atoms with Crippen LogP contribution in [-0.4, -0.2) is 26.2 Å². The fourth-order valence-corrected chi connectivity index (χ4v) is 3.39. The highest BCUT2D eigenvalue weighted by molar-refractivity contribution is 5.89. The van der Waals surface area contributed by atoms with Gasteiger partial charge >= 0.3 is 6.03 Å². The number of hydrogen-bond donors (Lipinski definition) is 2. The van der Waals surface area contributed by atoms with Gasteiger partial charge in [0.25, 0.3) is 0 Å². The van der Waals surface area contributed by atoms with Crippen LogP contribution in [0.1, 0.15) is 38.3 Å². The van der Waals surface area contributed by atoms with E-state index in [0.29, 0.717) is 11.4 Å². The molecular formula is C22H29N3O2. The minimum Gasteiger partial charge on any atom is -0.497 e. The summed E-state index contributed by atoms with van der Waals surface area (Å²) in [5.74, 6) is 1.54. The number of carbonyl (C=O) groups is 1. The lowest BCUT2D eigenvalue weighted by atomic mass is 9.98. The summed E-state index contributed by atoms with van der Waals surface area (Å²) in [5, 5.41) is 5.83. The van der Waals surface area contributed by atoms with Crippen molar-refractivity contribution in [2.45, 2.75) is 32.7 Å². The third-order valence-corrected chi connectivity index (χ3v) is 5.22. The van der Waals surface area contributed by atoms with Gasteiger partial charge in [-0.2, -0.15) is 0 Å². The first-order chi connectivity index (χ1) is 13.0. The number of urea groups is 1. The standard InChI is InChI=1S/C22H29N3O2/c1-16-11-13-25(14-12-16)20-9-7-18(8-10-20)17(2)23-22(26)24-19-5-4-6-21(15-19)27-3/h4-10,15-17H,11-14H2,1-3H3,(H2,23,24,26)/t17-/m1/s1. The number of amides is 2. The molecule has 0 unspecified atom stereocenters. The highest BCUT2D eigenvalue weighted by Gasteiger charge is 2.16. The van der Waals surface area contributed by atoms with Gasteiger partial charge in [-0.1, -0.05) is 25.1 Å². The Morgan fingerprint density at radius 2 is 1.85 bits per heavy atom. The topological polar surface area (TPSA) is 53.6 Å². The van der Waals surface area contributed by atoms with Crippen LogP contribution in [0, 0.1) is 5.92 Å². The monoisotopic (exact) mass is 367 g/mol. The van der Waals surface area contributed by atoms with Gasteiger partial charge in [-0.05, 0) is 55.5 Å². The van der Waals surface area contributed by atoms with Crippen LogP contribution in [0.25, 0.3) is 0 Å². The molecule has 5 nitrogen and oxygen atoms in total. The number of nitrogens with zero attached hydrogens (tertiary/aromatic N) is 1. The van der Waals surface area contributed by atoms with Crippen molar-refractivity contribution >= 4 is 17.4 Å². The molecule has 0 radical (unpaired) electrons. The van der Waals surface area contributed by atoms with Gasteiger partial charge < -0.3 is 20.3 Å². The second-order valence-electron chi connectivity index (χ2n) is 7.31. The van der Waals surface area contributed by atoms with Gasteiger partial charge in [0.15, 0.2) is 0 Å². The first-order valence-electron chi connectivity index (χ1n) is 9.61. The van der Waals surface area contributed by atoms with E-state index in [1.165, 1.54) is 18.5 Å². The number of hydrogen-bond acceptors (Lipinski definition) is 3. The van der Waals surface area contributed by atoms with Crippen molar-refractivity contribution in [2.24, 2.45) is 5.92 Å². The lowest BCUT2D eigenvalue weighted by molar-refractivity contribution is 0.249.